The number of carboxylic acids is 1. The molecule has 0 aliphatic carbocycles. The molecule has 5 aliphatic rings. The molecule has 0 saturated heterocycles. The Labute approximate surface area is 294 Å². The Kier molecular flexibility index (Phi) is 7.33. The summed E-state index contributed by atoms with van der Waals surface area (Å²) in [5.74, 6) is -0.972. The van der Waals surface area contributed by atoms with Gasteiger partial charge < -0.3 is 5.11 Å². The second-order valence-electron chi connectivity index (χ2n) is 12.4. The number of carbonyl (C=O) groups is 1. The minimum atomic E-state index is -0.972. The molecule has 6 nitrogen and oxygen atoms in total. The first-order valence-electron chi connectivity index (χ1n) is 16.7. The Morgan fingerprint density at radius 1 is 0.451 bits per heavy atom. The zero-order valence-electron chi connectivity index (χ0n) is 27.2. The van der Waals surface area contributed by atoms with E-state index < -0.39 is 5.97 Å². The molecule has 6 heteroatoms. The molecule has 51 heavy (non-hydrogen) atoms. The summed E-state index contributed by atoms with van der Waals surface area (Å²) in [6.07, 6.45) is 16.3. The van der Waals surface area contributed by atoms with Crippen LogP contribution in [-0.2, 0) is 0 Å². The van der Waals surface area contributed by atoms with Gasteiger partial charge in [-0.3, -0.25) is 0 Å². The lowest BCUT2D eigenvalue weighted by atomic mass is 9.90. The van der Waals surface area contributed by atoms with E-state index in [1.807, 2.05) is 97.1 Å². The molecule has 4 aromatic carbocycles. The highest BCUT2D eigenvalue weighted by atomic mass is 16.4. The number of rotatable bonds is 5. The van der Waals surface area contributed by atoms with Crippen molar-refractivity contribution in [2.24, 2.45) is 20.0 Å². The molecule has 0 unspecified atom stereocenters. The van der Waals surface area contributed by atoms with Crippen molar-refractivity contribution in [3.8, 4) is 0 Å². The van der Waals surface area contributed by atoms with Crippen LogP contribution in [0.25, 0.3) is 22.3 Å². The lowest BCUT2D eigenvalue weighted by Gasteiger charge is -2.14. The van der Waals surface area contributed by atoms with Crippen LogP contribution in [0, 0.1) is 0 Å². The average Bonchev–Trinajstić information content (AvgIpc) is 4.00. The van der Waals surface area contributed by atoms with Crippen LogP contribution >= 0.6 is 0 Å². The van der Waals surface area contributed by atoms with Crippen LogP contribution in [-0.4, -0.2) is 33.9 Å². The minimum Gasteiger partial charge on any atom is -0.478 e. The fourth-order valence-corrected chi connectivity index (χ4v) is 6.82. The van der Waals surface area contributed by atoms with E-state index in [4.69, 9.17) is 20.0 Å². The smallest absolute Gasteiger partial charge is 0.335 e. The first-order chi connectivity index (χ1) is 25.1. The van der Waals surface area contributed by atoms with Crippen LogP contribution in [0.2, 0.25) is 0 Å². The summed E-state index contributed by atoms with van der Waals surface area (Å²) >= 11 is 0. The van der Waals surface area contributed by atoms with E-state index in [-0.39, 0.29) is 5.56 Å². The van der Waals surface area contributed by atoms with E-state index in [9.17, 15) is 9.90 Å². The summed E-state index contributed by atoms with van der Waals surface area (Å²) in [4.78, 5) is 32.7. The van der Waals surface area contributed by atoms with Crippen molar-refractivity contribution >= 4 is 51.1 Å². The van der Waals surface area contributed by atoms with E-state index in [2.05, 4.69) is 54.6 Å². The van der Waals surface area contributed by atoms with Crippen molar-refractivity contribution in [1.29, 1.82) is 0 Å². The SMILES string of the molecule is O=C(O)c1ccc(C2=CC3=CC4=NC(=C(c5ccccc5)C5=NC(=C(c6ccccc6)C6=NC(=C(c7ccccc7)C2=N3)C=C6)C=C5)C=C4)cc1. The number of hydrogen-bond donors (Lipinski definition) is 1. The number of allylic oxidation sites excluding steroid dienone is 12. The van der Waals surface area contributed by atoms with Crippen LogP contribution in [0.5, 0.6) is 0 Å². The predicted molar refractivity (Wildman–Crippen MR) is 207 cm³/mol. The van der Waals surface area contributed by atoms with Crippen molar-refractivity contribution in [3.05, 3.63) is 214 Å². The van der Waals surface area contributed by atoms with E-state index in [1.54, 1.807) is 12.1 Å². The highest BCUT2D eigenvalue weighted by molar-refractivity contribution is 6.48. The van der Waals surface area contributed by atoms with Crippen LogP contribution in [0.15, 0.2) is 207 Å². The van der Waals surface area contributed by atoms with Crippen molar-refractivity contribution in [2.45, 2.75) is 0 Å². The molecular weight excluding hydrogens is 629 g/mol. The van der Waals surface area contributed by atoms with Gasteiger partial charge in [0.25, 0.3) is 0 Å². The molecule has 5 aliphatic heterocycles. The Hall–Kier alpha value is -7.05. The molecular formula is C45H28N4O2. The second-order valence-corrected chi connectivity index (χ2v) is 12.4. The van der Waals surface area contributed by atoms with E-state index >= 15 is 0 Å². The second kappa shape index (κ2) is 12.4. The molecule has 0 atom stereocenters. The first kappa shape index (κ1) is 30.0. The highest BCUT2D eigenvalue weighted by Crippen LogP contribution is 2.39. The summed E-state index contributed by atoms with van der Waals surface area (Å²) in [6, 6.07) is 37.5. The Morgan fingerprint density at radius 2 is 0.941 bits per heavy atom. The fraction of sp³-hybridized carbons (Fsp3) is 0. The molecule has 1 N–H and O–H groups in total. The van der Waals surface area contributed by atoms with Gasteiger partial charge in [-0.1, -0.05) is 103 Å². The lowest BCUT2D eigenvalue weighted by Crippen LogP contribution is -2.06. The standard InChI is InChI=1S/C45H28N4O2/c50-45(51)32-18-16-28(17-19-32)35-27-34-26-33-20-21-36(46-33)41(29-10-4-1-5-11-29)37-22-23-38(48-37)42(30-12-6-2-7-13-30)39-24-25-40(49-39)43(44(35)47-34)31-14-8-3-9-15-31/h1-27H,(H,50,51). The number of aromatic carboxylic acids is 1. The van der Waals surface area contributed by atoms with Gasteiger partial charge in [-0.25, -0.2) is 24.8 Å². The zero-order valence-corrected chi connectivity index (χ0v) is 27.2. The van der Waals surface area contributed by atoms with Gasteiger partial charge in [0.15, 0.2) is 0 Å². The maximum atomic E-state index is 11.7. The van der Waals surface area contributed by atoms with Gasteiger partial charge in [0, 0.05) is 22.3 Å². The number of nitrogens with zero attached hydrogens (tertiary/aromatic N) is 4. The molecule has 5 heterocycles. The van der Waals surface area contributed by atoms with E-state index in [1.165, 1.54) is 0 Å². The van der Waals surface area contributed by atoms with Crippen molar-refractivity contribution in [2.75, 3.05) is 0 Å². The first-order valence-corrected chi connectivity index (χ1v) is 16.7. The summed E-state index contributed by atoms with van der Waals surface area (Å²) in [7, 11) is 0. The van der Waals surface area contributed by atoms with Gasteiger partial charge in [-0.05, 0) is 83.0 Å². The molecule has 0 aromatic heterocycles. The third kappa shape index (κ3) is 5.55. The largest absolute Gasteiger partial charge is 0.478 e. The van der Waals surface area contributed by atoms with Crippen LogP contribution in [0.1, 0.15) is 32.6 Å². The summed E-state index contributed by atoms with van der Waals surface area (Å²) in [5.41, 5.74) is 13.9. The predicted octanol–water partition coefficient (Wildman–Crippen LogP) is 9.39. The number of aliphatic imine (C=N–C) groups is 4. The summed E-state index contributed by atoms with van der Waals surface area (Å²) in [6.45, 7) is 0. The quantitative estimate of drug-likeness (QED) is 0.232. The van der Waals surface area contributed by atoms with Gasteiger partial charge in [0.1, 0.15) is 0 Å². The van der Waals surface area contributed by atoms with E-state index in [0.717, 1.165) is 90.2 Å². The minimum absolute atomic E-state index is 0.221. The van der Waals surface area contributed by atoms with Gasteiger partial charge >= 0.3 is 5.97 Å². The highest BCUT2D eigenvalue weighted by Gasteiger charge is 2.28. The molecule has 0 saturated carbocycles. The lowest BCUT2D eigenvalue weighted by molar-refractivity contribution is 0.0697. The molecule has 4 aromatic rings. The maximum absolute atomic E-state index is 11.7. The molecule has 9 rings (SSSR count). The molecule has 8 bridgehead atoms. The third-order valence-corrected chi connectivity index (χ3v) is 9.17. The monoisotopic (exact) mass is 656 g/mol. The number of fused-ring (bicyclic) bond motifs is 4. The molecule has 0 amide bonds. The summed E-state index contributed by atoms with van der Waals surface area (Å²) in [5, 5.41) is 9.61. The van der Waals surface area contributed by atoms with Crippen molar-refractivity contribution in [3.63, 3.8) is 0 Å². The Morgan fingerprint density at radius 3 is 1.49 bits per heavy atom. The topological polar surface area (TPSA) is 86.7 Å². The van der Waals surface area contributed by atoms with Crippen LogP contribution in [0.4, 0.5) is 0 Å². The Bertz CT molecular complexity index is 2530. The molecule has 240 valence electrons. The van der Waals surface area contributed by atoms with Gasteiger partial charge in [0.2, 0.25) is 0 Å². The van der Waals surface area contributed by atoms with Gasteiger partial charge in [-0.15, -0.1) is 0 Å². The molecule has 0 spiro atoms. The van der Waals surface area contributed by atoms with Crippen LogP contribution in [0.3, 0.4) is 0 Å². The third-order valence-electron chi connectivity index (χ3n) is 9.17. The number of carboxylic acid groups (broad SMARTS) is 1. The average molecular weight is 657 g/mol. The Balaban J connectivity index is 1.34. The van der Waals surface area contributed by atoms with Crippen molar-refractivity contribution in [1.82, 2.24) is 0 Å². The van der Waals surface area contributed by atoms with Crippen molar-refractivity contribution < 1.29 is 9.90 Å². The van der Waals surface area contributed by atoms with Gasteiger partial charge in [0.05, 0.1) is 51.2 Å². The van der Waals surface area contributed by atoms with Crippen LogP contribution < -0.4 is 0 Å². The summed E-state index contributed by atoms with van der Waals surface area (Å²) < 4.78 is 0. The zero-order chi connectivity index (χ0) is 34.3. The molecule has 0 radical (unpaired) electrons. The number of hydrogen-bond acceptors (Lipinski definition) is 5. The fourth-order valence-electron chi connectivity index (χ4n) is 6.82. The molecule has 0 fully saturated rings. The maximum Gasteiger partial charge on any atom is 0.335 e. The normalized spacial score (nSPS) is 17.4. The van der Waals surface area contributed by atoms with E-state index in [0.29, 0.717) is 0 Å². The van der Waals surface area contributed by atoms with Gasteiger partial charge in [-0.2, -0.15) is 0 Å². The number of benzene rings is 4.